The monoisotopic (exact) mass is 224 g/mol. The van der Waals surface area contributed by atoms with E-state index in [0.29, 0.717) is 16.6 Å². The highest BCUT2D eigenvalue weighted by molar-refractivity contribution is 7.71. The molecule has 1 heterocycles. The molecule has 3 nitrogen and oxygen atoms in total. The highest BCUT2D eigenvalue weighted by Gasteiger charge is 2.23. The topological polar surface area (TPSA) is 48.6 Å². The van der Waals surface area contributed by atoms with E-state index in [4.69, 9.17) is 12.2 Å². The molecule has 0 aromatic carbocycles. The first-order valence-corrected chi connectivity index (χ1v) is 5.83. The van der Waals surface area contributed by atoms with Gasteiger partial charge in [0.15, 0.2) is 4.77 Å². The number of fused-ring (bicyclic) bond motifs is 1. The van der Waals surface area contributed by atoms with Gasteiger partial charge in [0.2, 0.25) is 0 Å². The molecule has 1 aliphatic carbocycles. The molecular formula is C11H16N2OS. The fraction of sp³-hybridized carbons (Fsp3) is 0.636. The van der Waals surface area contributed by atoms with Crippen LogP contribution >= 0.6 is 12.2 Å². The Kier molecular flexibility index (Phi) is 2.78. The second-order valence-electron chi connectivity index (χ2n) is 4.61. The van der Waals surface area contributed by atoms with Crippen molar-refractivity contribution in [1.29, 1.82) is 0 Å². The Morgan fingerprint density at radius 3 is 2.80 bits per heavy atom. The Bertz CT molecular complexity index is 472. The second kappa shape index (κ2) is 3.93. The van der Waals surface area contributed by atoms with E-state index in [1.54, 1.807) is 0 Å². The number of rotatable bonds is 1. The highest BCUT2D eigenvalue weighted by atomic mass is 32.1. The third-order valence-electron chi connectivity index (χ3n) is 3.30. The van der Waals surface area contributed by atoms with Crippen LogP contribution in [0.3, 0.4) is 0 Å². The predicted octanol–water partition coefficient (Wildman–Crippen LogP) is 2.19. The smallest absolute Gasteiger partial charge is 0.255 e. The average Bonchev–Trinajstić information content (AvgIpc) is 2.16. The van der Waals surface area contributed by atoms with E-state index >= 15 is 0 Å². The van der Waals surface area contributed by atoms with Crippen molar-refractivity contribution < 1.29 is 0 Å². The first-order chi connectivity index (χ1) is 7.08. The van der Waals surface area contributed by atoms with E-state index in [9.17, 15) is 4.79 Å². The van der Waals surface area contributed by atoms with E-state index in [2.05, 4.69) is 23.8 Å². The molecule has 0 aliphatic heterocycles. The van der Waals surface area contributed by atoms with Crippen LogP contribution in [0, 0.1) is 16.6 Å². The zero-order chi connectivity index (χ0) is 11.0. The number of H-pyrrole nitrogens is 2. The van der Waals surface area contributed by atoms with Gasteiger partial charge in [0.1, 0.15) is 0 Å². The largest absolute Gasteiger partial charge is 0.336 e. The molecule has 82 valence electrons. The van der Waals surface area contributed by atoms with Crippen molar-refractivity contribution in [1.82, 2.24) is 9.97 Å². The van der Waals surface area contributed by atoms with Crippen LogP contribution in [0.15, 0.2) is 4.79 Å². The van der Waals surface area contributed by atoms with Gasteiger partial charge in [-0.3, -0.25) is 9.78 Å². The van der Waals surface area contributed by atoms with Gasteiger partial charge in [0.05, 0.1) is 0 Å². The zero-order valence-electron chi connectivity index (χ0n) is 9.09. The molecule has 0 amide bonds. The number of hydrogen-bond acceptors (Lipinski definition) is 2. The summed E-state index contributed by atoms with van der Waals surface area (Å²) in [5.41, 5.74) is 1.95. The lowest BCUT2D eigenvalue weighted by molar-refractivity contribution is 0.338. The maximum absolute atomic E-state index is 11.7. The summed E-state index contributed by atoms with van der Waals surface area (Å²) in [6.07, 6.45) is 2.99. The first kappa shape index (κ1) is 10.6. The number of aromatic nitrogens is 2. The van der Waals surface area contributed by atoms with Gasteiger partial charge < -0.3 is 4.98 Å². The molecule has 2 N–H and O–H groups in total. The minimum Gasteiger partial charge on any atom is -0.336 e. The minimum absolute atomic E-state index is 0.000833. The maximum Gasteiger partial charge on any atom is 0.255 e. The van der Waals surface area contributed by atoms with Gasteiger partial charge in [0, 0.05) is 11.3 Å². The third kappa shape index (κ3) is 2.04. The molecular weight excluding hydrogens is 208 g/mol. The van der Waals surface area contributed by atoms with Crippen molar-refractivity contribution in [2.45, 2.75) is 33.1 Å². The van der Waals surface area contributed by atoms with Crippen molar-refractivity contribution in [2.24, 2.45) is 11.8 Å². The van der Waals surface area contributed by atoms with Crippen LogP contribution in [0.25, 0.3) is 0 Å². The van der Waals surface area contributed by atoms with Gasteiger partial charge in [-0.1, -0.05) is 13.8 Å². The van der Waals surface area contributed by atoms with Crippen LogP contribution in [0.2, 0.25) is 0 Å². The lowest BCUT2D eigenvalue weighted by atomic mass is 9.80. The van der Waals surface area contributed by atoms with Gasteiger partial charge in [-0.2, -0.15) is 0 Å². The van der Waals surface area contributed by atoms with Crippen LogP contribution in [0.1, 0.15) is 31.5 Å². The number of aryl methyl sites for hydroxylation is 1. The van der Waals surface area contributed by atoms with E-state index < -0.39 is 0 Å². The summed E-state index contributed by atoms with van der Waals surface area (Å²) in [6.45, 7) is 4.43. The number of aromatic amines is 2. The molecule has 15 heavy (non-hydrogen) atoms. The molecule has 1 unspecified atom stereocenters. The summed E-state index contributed by atoms with van der Waals surface area (Å²) >= 11 is 4.95. The van der Waals surface area contributed by atoms with Crippen molar-refractivity contribution in [3.8, 4) is 0 Å². The fourth-order valence-electron chi connectivity index (χ4n) is 2.25. The summed E-state index contributed by atoms with van der Waals surface area (Å²) in [7, 11) is 0. The summed E-state index contributed by atoms with van der Waals surface area (Å²) in [4.78, 5) is 17.5. The molecule has 1 aromatic rings. The average molecular weight is 224 g/mol. The van der Waals surface area contributed by atoms with Crippen molar-refractivity contribution in [3.63, 3.8) is 0 Å². The predicted molar refractivity (Wildman–Crippen MR) is 62.6 cm³/mol. The Balaban J connectivity index is 2.42. The SMILES string of the molecule is CC(C)C1CCc2[nH]c(=S)[nH]c(=O)c2C1. The number of nitrogens with one attached hydrogen (secondary N) is 2. The van der Waals surface area contributed by atoms with E-state index in [1.165, 1.54) is 0 Å². The Morgan fingerprint density at radius 2 is 2.13 bits per heavy atom. The van der Waals surface area contributed by atoms with Crippen LogP contribution in [0.5, 0.6) is 0 Å². The molecule has 0 fully saturated rings. The first-order valence-electron chi connectivity index (χ1n) is 5.42. The van der Waals surface area contributed by atoms with Crippen LogP contribution < -0.4 is 5.56 Å². The summed E-state index contributed by atoms with van der Waals surface area (Å²) < 4.78 is 0.446. The lowest BCUT2D eigenvalue weighted by Crippen LogP contribution is -2.27. The van der Waals surface area contributed by atoms with Crippen LogP contribution in [0.4, 0.5) is 0 Å². The normalized spacial score (nSPS) is 20.3. The Morgan fingerprint density at radius 1 is 1.40 bits per heavy atom. The molecule has 0 spiro atoms. The summed E-state index contributed by atoms with van der Waals surface area (Å²) in [6, 6.07) is 0. The van der Waals surface area contributed by atoms with Crippen LogP contribution in [-0.2, 0) is 12.8 Å². The quantitative estimate of drug-likeness (QED) is 0.718. The molecule has 4 heteroatoms. The standard InChI is InChI=1S/C11H16N2OS/c1-6(2)7-3-4-9-8(5-7)10(14)13-11(15)12-9/h6-7H,3-5H2,1-2H3,(H2,12,13,14,15). The van der Waals surface area contributed by atoms with Crippen molar-refractivity contribution in [3.05, 3.63) is 26.4 Å². The van der Waals surface area contributed by atoms with Crippen LogP contribution in [-0.4, -0.2) is 9.97 Å². The molecule has 0 radical (unpaired) electrons. The van der Waals surface area contributed by atoms with Gasteiger partial charge in [-0.25, -0.2) is 0 Å². The van der Waals surface area contributed by atoms with Gasteiger partial charge in [-0.15, -0.1) is 0 Å². The molecule has 0 saturated heterocycles. The van der Waals surface area contributed by atoms with Gasteiger partial charge in [0.25, 0.3) is 5.56 Å². The second-order valence-corrected chi connectivity index (χ2v) is 5.02. The van der Waals surface area contributed by atoms with Gasteiger partial charge in [-0.05, 0) is 43.3 Å². The Hall–Kier alpha value is -0.900. The van der Waals surface area contributed by atoms with Gasteiger partial charge >= 0.3 is 0 Å². The summed E-state index contributed by atoms with van der Waals surface area (Å²) in [5.74, 6) is 1.27. The molecule has 0 bridgehead atoms. The fourth-order valence-corrected chi connectivity index (χ4v) is 2.47. The maximum atomic E-state index is 11.7. The molecule has 1 aliphatic rings. The molecule has 0 saturated carbocycles. The highest BCUT2D eigenvalue weighted by Crippen LogP contribution is 2.26. The van der Waals surface area contributed by atoms with E-state index in [1.807, 2.05) is 0 Å². The van der Waals surface area contributed by atoms with E-state index in [-0.39, 0.29) is 5.56 Å². The molecule has 2 rings (SSSR count). The summed E-state index contributed by atoms with van der Waals surface area (Å²) in [5, 5.41) is 0. The van der Waals surface area contributed by atoms with Crippen molar-refractivity contribution >= 4 is 12.2 Å². The minimum atomic E-state index is -0.000833. The third-order valence-corrected chi connectivity index (χ3v) is 3.51. The van der Waals surface area contributed by atoms with E-state index in [0.717, 1.165) is 30.5 Å². The zero-order valence-corrected chi connectivity index (χ0v) is 9.91. The number of hydrogen-bond donors (Lipinski definition) is 2. The molecule has 1 atom stereocenters. The van der Waals surface area contributed by atoms with Crippen molar-refractivity contribution in [2.75, 3.05) is 0 Å². The lowest BCUT2D eigenvalue weighted by Gasteiger charge is -2.26. The Labute approximate surface area is 93.9 Å². The molecule has 1 aromatic heterocycles.